The molecule has 0 unspecified atom stereocenters. The van der Waals surface area contributed by atoms with Gasteiger partial charge in [0.25, 0.3) is 0 Å². The molecule has 2 rings (SSSR count). The summed E-state index contributed by atoms with van der Waals surface area (Å²) in [6, 6.07) is 7.51. The number of aromatic carboxylic acids is 1. The second kappa shape index (κ2) is 5.56. The van der Waals surface area contributed by atoms with Crippen molar-refractivity contribution in [2.24, 2.45) is 0 Å². The van der Waals surface area contributed by atoms with Gasteiger partial charge in [-0.25, -0.2) is 14.2 Å². The zero-order valence-corrected chi connectivity index (χ0v) is 10.9. The summed E-state index contributed by atoms with van der Waals surface area (Å²) in [7, 11) is 0. The Hall–Kier alpha value is -2.63. The van der Waals surface area contributed by atoms with Crippen LogP contribution >= 0.6 is 0 Å². The first kappa shape index (κ1) is 13.8. The third-order valence-electron chi connectivity index (χ3n) is 2.91. The number of nitrogens with two attached hydrogens (primary N) is 1. The third-order valence-corrected chi connectivity index (χ3v) is 2.91. The van der Waals surface area contributed by atoms with E-state index in [1.54, 1.807) is 25.1 Å². The summed E-state index contributed by atoms with van der Waals surface area (Å²) in [5.41, 5.74) is 6.11. The van der Waals surface area contributed by atoms with Crippen molar-refractivity contribution in [2.45, 2.75) is 6.92 Å². The number of carbonyl (C=O) groups is 1. The van der Waals surface area contributed by atoms with Gasteiger partial charge in [0.1, 0.15) is 5.82 Å². The number of anilines is 3. The van der Waals surface area contributed by atoms with Gasteiger partial charge in [0.2, 0.25) is 0 Å². The molecule has 1 heterocycles. The van der Waals surface area contributed by atoms with Crippen LogP contribution in [0, 0.1) is 5.82 Å². The van der Waals surface area contributed by atoms with Crippen LogP contribution in [0.2, 0.25) is 0 Å². The van der Waals surface area contributed by atoms with E-state index >= 15 is 0 Å². The number of hydrogen-bond donors (Lipinski definition) is 2. The minimum absolute atomic E-state index is 0.0186. The van der Waals surface area contributed by atoms with Gasteiger partial charge >= 0.3 is 5.97 Å². The molecule has 0 radical (unpaired) electrons. The van der Waals surface area contributed by atoms with E-state index in [9.17, 15) is 9.18 Å². The molecule has 104 valence electrons. The van der Waals surface area contributed by atoms with Gasteiger partial charge in [-0.3, -0.25) is 0 Å². The molecule has 0 bridgehead atoms. The molecule has 5 nitrogen and oxygen atoms in total. The van der Waals surface area contributed by atoms with E-state index in [1.807, 2.05) is 0 Å². The van der Waals surface area contributed by atoms with Crippen LogP contribution in [0.25, 0.3) is 0 Å². The molecule has 0 aliphatic carbocycles. The van der Waals surface area contributed by atoms with Gasteiger partial charge in [0.15, 0.2) is 5.82 Å². The summed E-state index contributed by atoms with van der Waals surface area (Å²) in [6.07, 6.45) is 1.35. The molecule has 0 amide bonds. The van der Waals surface area contributed by atoms with Crippen molar-refractivity contribution in [3.63, 3.8) is 0 Å². The van der Waals surface area contributed by atoms with Gasteiger partial charge in [-0.1, -0.05) is 12.1 Å². The highest BCUT2D eigenvalue weighted by molar-refractivity contribution is 5.97. The normalized spacial score (nSPS) is 10.3. The predicted octanol–water partition coefficient (Wildman–Crippen LogP) is 2.66. The van der Waals surface area contributed by atoms with E-state index in [0.717, 1.165) is 0 Å². The monoisotopic (exact) mass is 275 g/mol. The molecule has 20 heavy (non-hydrogen) atoms. The number of benzene rings is 1. The van der Waals surface area contributed by atoms with E-state index in [0.29, 0.717) is 12.2 Å². The largest absolute Gasteiger partial charge is 0.478 e. The van der Waals surface area contributed by atoms with Gasteiger partial charge in [0.05, 0.1) is 16.9 Å². The van der Waals surface area contributed by atoms with Gasteiger partial charge < -0.3 is 15.7 Å². The Bertz CT molecular complexity index is 646. The van der Waals surface area contributed by atoms with Crippen LogP contribution in [0.15, 0.2) is 36.5 Å². The molecule has 0 aliphatic heterocycles. The maximum absolute atomic E-state index is 13.9. The van der Waals surface area contributed by atoms with Crippen molar-refractivity contribution in [3.8, 4) is 0 Å². The van der Waals surface area contributed by atoms with Crippen LogP contribution < -0.4 is 10.6 Å². The van der Waals surface area contributed by atoms with E-state index in [1.165, 1.54) is 23.2 Å². The maximum atomic E-state index is 13.9. The lowest BCUT2D eigenvalue weighted by Gasteiger charge is -2.24. The van der Waals surface area contributed by atoms with Crippen molar-refractivity contribution in [1.29, 1.82) is 0 Å². The average molecular weight is 275 g/mol. The third kappa shape index (κ3) is 2.40. The second-order valence-corrected chi connectivity index (χ2v) is 4.10. The van der Waals surface area contributed by atoms with Crippen LogP contribution in [0.4, 0.5) is 21.6 Å². The zero-order valence-electron chi connectivity index (χ0n) is 10.9. The van der Waals surface area contributed by atoms with Crippen LogP contribution in [-0.4, -0.2) is 22.6 Å². The second-order valence-electron chi connectivity index (χ2n) is 4.10. The number of hydrogen-bond acceptors (Lipinski definition) is 4. The summed E-state index contributed by atoms with van der Waals surface area (Å²) in [5, 5.41) is 9.07. The highest BCUT2D eigenvalue weighted by Gasteiger charge is 2.19. The lowest BCUT2D eigenvalue weighted by Crippen LogP contribution is -2.21. The minimum Gasteiger partial charge on any atom is -0.478 e. The van der Waals surface area contributed by atoms with Crippen LogP contribution in [0.3, 0.4) is 0 Å². The van der Waals surface area contributed by atoms with Crippen molar-refractivity contribution < 1.29 is 14.3 Å². The first-order chi connectivity index (χ1) is 9.56. The Morgan fingerprint density at radius 3 is 2.70 bits per heavy atom. The molecule has 2 aromatic rings. The molecule has 1 aromatic carbocycles. The molecule has 0 fully saturated rings. The van der Waals surface area contributed by atoms with Crippen LogP contribution in [0.1, 0.15) is 17.3 Å². The smallest absolute Gasteiger partial charge is 0.337 e. The molecule has 3 N–H and O–H groups in total. The summed E-state index contributed by atoms with van der Waals surface area (Å²) in [6.45, 7) is 2.21. The maximum Gasteiger partial charge on any atom is 0.337 e. The number of carboxylic acids is 1. The van der Waals surface area contributed by atoms with Crippen molar-refractivity contribution in [2.75, 3.05) is 17.2 Å². The fraction of sp³-hybridized carbons (Fsp3) is 0.143. The summed E-state index contributed by atoms with van der Waals surface area (Å²) in [5.74, 6) is -1.33. The Kier molecular flexibility index (Phi) is 3.84. The summed E-state index contributed by atoms with van der Waals surface area (Å²) < 4.78 is 13.9. The number of pyridine rings is 1. The lowest BCUT2D eigenvalue weighted by molar-refractivity contribution is 0.0698. The lowest BCUT2D eigenvalue weighted by atomic mass is 10.2. The fourth-order valence-electron chi connectivity index (χ4n) is 1.97. The number of nitrogen functional groups attached to an aromatic ring is 1. The first-order valence-electron chi connectivity index (χ1n) is 6.06. The highest BCUT2D eigenvalue weighted by atomic mass is 19.1. The quantitative estimate of drug-likeness (QED) is 0.896. The fourth-order valence-corrected chi connectivity index (χ4v) is 1.97. The number of carboxylic acid groups (broad SMARTS) is 1. The Balaban J connectivity index is 2.56. The summed E-state index contributed by atoms with van der Waals surface area (Å²) in [4.78, 5) is 16.7. The van der Waals surface area contributed by atoms with Gasteiger partial charge in [-0.15, -0.1) is 0 Å². The number of halogens is 1. The SMILES string of the molecule is CCN(c1ccccc1F)c1nccc(C(=O)O)c1N. The highest BCUT2D eigenvalue weighted by Crippen LogP contribution is 2.31. The number of rotatable bonds is 4. The predicted molar refractivity (Wildman–Crippen MR) is 74.7 cm³/mol. The summed E-state index contributed by atoms with van der Waals surface area (Å²) >= 11 is 0. The van der Waals surface area contributed by atoms with Crippen molar-refractivity contribution in [1.82, 2.24) is 4.98 Å². The molecule has 0 saturated heterocycles. The van der Waals surface area contributed by atoms with E-state index in [2.05, 4.69) is 4.98 Å². The molecule has 0 saturated carbocycles. The molecular formula is C14H14FN3O2. The number of aromatic nitrogens is 1. The van der Waals surface area contributed by atoms with E-state index < -0.39 is 11.8 Å². The van der Waals surface area contributed by atoms with E-state index in [-0.39, 0.29) is 17.1 Å². The van der Waals surface area contributed by atoms with Crippen molar-refractivity contribution in [3.05, 3.63) is 47.9 Å². The first-order valence-corrected chi connectivity index (χ1v) is 6.06. The Morgan fingerprint density at radius 2 is 2.10 bits per heavy atom. The van der Waals surface area contributed by atoms with Gasteiger partial charge in [0, 0.05) is 12.7 Å². The minimum atomic E-state index is -1.14. The van der Waals surface area contributed by atoms with Gasteiger partial charge in [-0.2, -0.15) is 0 Å². The molecule has 6 heteroatoms. The van der Waals surface area contributed by atoms with Gasteiger partial charge in [-0.05, 0) is 25.1 Å². The van der Waals surface area contributed by atoms with Crippen LogP contribution in [0.5, 0.6) is 0 Å². The molecular weight excluding hydrogens is 261 g/mol. The molecule has 0 atom stereocenters. The zero-order chi connectivity index (χ0) is 14.7. The van der Waals surface area contributed by atoms with Crippen LogP contribution in [-0.2, 0) is 0 Å². The molecule has 0 aliphatic rings. The Labute approximate surface area is 115 Å². The van der Waals surface area contributed by atoms with E-state index in [4.69, 9.17) is 10.8 Å². The average Bonchev–Trinajstić information content (AvgIpc) is 2.43. The molecule has 0 spiro atoms. The number of para-hydroxylation sites is 1. The van der Waals surface area contributed by atoms with Crippen molar-refractivity contribution >= 4 is 23.2 Å². The number of nitrogens with zero attached hydrogens (tertiary/aromatic N) is 2. The Morgan fingerprint density at radius 1 is 1.40 bits per heavy atom. The molecule has 1 aromatic heterocycles. The standard InChI is InChI=1S/C14H14FN3O2/c1-2-18(11-6-4-3-5-10(11)15)13-12(16)9(14(19)20)7-8-17-13/h3-8H,2,16H2,1H3,(H,19,20). The topological polar surface area (TPSA) is 79.5 Å².